The van der Waals surface area contributed by atoms with Gasteiger partial charge in [-0.1, -0.05) is 24.3 Å². The first-order valence-corrected chi connectivity index (χ1v) is 11.0. The molecule has 0 bridgehead atoms. The van der Waals surface area contributed by atoms with E-state index in [2.05, 4.69) is 44.1 Å². The molecule has 1 atom stereocenters. The zero-order valence-electron chi connectivity index (χ0n) is 17.6. The van der Waals surface area contributed by atoms with Crippen molar-refractivity contribution in [2.75, 3.05) is 23.7 Å². The number of aliphatic imine (C=N–C) groups is 1. The third-order valence-electron chi connectivity index (χ3n) is 7.29. The molecule has 4 N–H and O–H groups in total. The fraction of sp³-hybridized carbons (Fsp3) is 0.333. The fourth-order valence-corrected chi connectivity index (χ4v) is 5.45. The maximum Gasteiger partial charge on any atom is 0.174 e. The number of anilines is 2. The van der Waals surface area contributed by atoms with Crippen LogP contribution in [0.2, 0.25) is 0 Å². The molecule has 1 fully saturated rings. The lowest BCUT2D eigenvalue weighted by atomic mass is 9.73. The van der Waals surface area contributed by atoms with E-state index < -0.39 is 5.82 Å². The summed E-state index contributed by atoms with van der Waals surface area (Å²) in [7, 11) is 0. The third-order valence-corrected chi connectivity index (χ3v) is 7.29. The van der Waals surface area contributed by atoms with Crippen molar-refractivity contribution < 1.29 is 4.39 Å². The number of piperidine rings is 1. The molecule has 162 valence electrons. The molecule has 6 rings (SSSR count). The van der Waals surface area contributed by atoms with Crippen LogP contribution < -0.4 is 16.4 Å². The zero-order chi connectivity index (χ0) is 21.9. The topological polar surface area (TPSA) is 106 Å². The number of aromatic nitrogens is 3. The number of benzene rings is 1. The SMILES string of the molecule is Nc1nccc(C2=NCc3nc(N4CCC5(CC4)Cc4ccccc4[C@H]5N)cnc32)c1F. The van der Waals surface area contributed by atoms with Crippen molar-refractivity contribution in [1.29, 1.82) is 0 Å². The number of halogens is 1. The van der Waals surface area contributed by atoms with Crippen LogP contribution in [0.4, 0.5) is 16.0 Å². The Morgan fingerprint density at radius 1 is 1.09 bits per heavy atom. The van der Waals surface area contributed by atoms with E-state index in [1.54, 1.807) is 12.3 Å². The maximum absolute atomic E-state index is 14.5. The van der Waals surface area contributed by atoms with Crippen LogP contribution in [0.5, 0.6) is 0 Å². The van der Waals surface area contributed by atoms with Crippen molar-refractivity contribution >= 4 is 17.3 Å². The van der Waals surface area contributed by atoms with Crippen molar-refractivity contribution in [2.24, 2.45) is 16.1 Å². The first-order valence-electron chi connectivity index (χ1n) is 11.0. The van der Waals surface area contributed by atoms with Gasteiger partial charge in [0.1, 0.15) is 11.5 Å². The minimum atomic E-state index is -0.569. The van der Waals surface area contributed by atoms with Gasteiger partial charge in [-0.2, -0.15) is 0 Å². The molecule has 7 nitrogen and oxygen atoms in total. The van der Waals surface area contributed by atoms with Crippen LogP contribution in [-0.2, 0) is 13.0 Å². The van der Waals surface area contributed by atoms with Crippen molar-refractivity contribution in [3.8, 4) is 0 Å². The van der Waals surface area contributed by atoms with Gasteiger partial charge >= 0.3 is 0 Å². The summed E-state index contributed by atoms with van der Waals surface area (Å²) in [5, 5.41) is 0. The second-order valence-electron chi connectivity index (χ2n) is 8.95. The van der Waals surface area contributed by atoms with E-state index in [0.717, 1.165) is 43.9 Å². The molecule has 0 unspecified atom stereocenters. The number of hydrogen-bond acceptors (Lipinski definition) is 7. The smallest absolute Gasteiger partial charge is 0.174 e. The van der Waals surface area contributed by atoms with Gasteiger partial charge in [0.2, 0.25) is 0 Å². The summed E-state index contributed by atoms with van der Waals surface area (Å²) in [4.78, 5) is 20.0. The highest BCUT2D eigenvalue weighted by Crippen LogP contribution is 2.50. The molecule has 0 radical (unpaired) electrons. The Bertz CT molecular complexity index is 1250. The van der Waals surface area contributed by atoms with Gasteiger partial charge in [0.15, 0.2) is 11.6 Å². The average molecular weight is 430 g/mol. The van der Waals surface area contributed by atoms with E-state index in [-0.39, 0.29) is 17.3 Å². The molecule has 1 aromatic carbocycles. The lowest BCUT2D eigenvalue weighted by Gasteiger charge is -2.42. The standard InChI is InChI=1S/C24H24FN7/c25-19-16(5-8-28-23(19)27)20-21-17(12-29-20)31-18(13-30-21)32-9-6-24(7-10-32)11-14-3-1-2-4-15(14)22(24)26/h1-5,8,13,22H,6-7,9-12,26H2,(H2,27,28)/t22-/m1/s1. The Balaban J connectivity index is 1.21. The molecule has 2 aromatic heterocycles. The number of pyridine rings is 1. The van der Waals surface area contributed by atoms with Crippen LogP contribution >= 0.6 is 0 Å². The van der Waals surface area contributed by atoms with E-state index in [9.17, 15) is 4.39 Å². The van der Waals surface area contributed by atoms with Crippen molar-refractivity contribution in [2.45, 2.75) is 31.8 Å². The summed E-state index contributed by atoms with van der Waals surface area (Å²) < 4.78 is 14.5. The Labute approximate surface area is 185 Å². The maximum atomic E-state index is 14.5. The molecule has 1 saturated heterocycles. The summed E-state index contributed by atoms with van der Waals surface area (Å²) in [6.07, 6.45) is 6.33. The van der Waals surface area contributed by atoms with E-state index in [1.165, 1.54) is 17.3 Å². The van der Waals surface area contributed by atoms with Crippen LogP contribution in [0.25, 0.3) is 0 Å². The van der Waals surface area contributed by atoms with Crippen LogP contribution in [0, 0.1) is 11.2 Å². The lowest BCUT2D eigenvalue weighted by molar-refractivity contribution is 0.187. The third kappa shape index (κ3) is 2.82. The summed E-state index contributed by atoms with van der Waals surface area (Å²) in [5.41, 5.74) is 17.3. The van der Waals surface area contributed by atoms with E-state index in [0.29, 0.717) is 23.5 Å². The van der Waals surface area contributed by atoms with Gasteiger partial charge in [-0.3, -0.25) is 4.99 Å². The summed E-state index contributed by atoms with van der Waals surface area (Å²) >= 11 is 0. The molecular weight excluding hydrogens is 405 g/mol. The second kappa shape index (κ2) is 7.06. The monoisotopic (exact) mass is 429 g/mol. The Hall–Kier alpha value is -3.39. The summed E-state index contributed by atoms with van der Waals surface area (Å²) in [6, 6.07) is 10.2. The van der Waals surface area contributed by atoms with Crippen LogP contribution in [0.1, 0.15) is 47.0 Å². The number of nitrogens with zero attached hydrogens (tertiary/aromatic N) is 5. The Morgan fingerprint density at radius 2 is 1.91 bits per heavy atom. The molecule has 32 heavy (non-hydrogen) atoms. The van der Waals surface area contributed by atoms with E-state index >= 15 is 0 Å². The van der Waals surface area contributed by atoms with E-state index in [4.69, 9.17) is 16.5 Å². The van der Waals surface area contributed by atoms with Gasteiger partial charge in [-0.15, -0.1) is 0 Å². The number of nitrogen functional groups attached to an aromatic ring is 1. The van der Waals surface area contributed by atoms with Gasteiger partial charge in [-0.05, 0) is 41.9 Å². The van der Waals surface area contributed by atoms with Gasteiger partial charge in [0.25, 0.3) is 0 Å². The van der Waals surface area contributed by atoms with Gasteiger partial charge in [0, 0.05) is 30.9 Å². The average Bonchev–Trinajstić information content (AvgIpc) is 3.35. The highest BCUT2D eigenvalue weighted by atomic mass is 19.1. The highest BCUT2D eigenvalue weighted by molar-refractivity contribution is 6.14. The van der Waals surface area contributed by atoms with Gasteiger partial charge in [0.05, 0.1) is 24.1 Å². The molecule has 0 saturated carbocycles. The molecule has 3 aromatic rings. The highest BCUT2D eigenvalue weighted by Gasteiger charge is 2.46. The number of fused-ring (bicyclic) bond motifs is 2. The number of rotatable bonds is 2. The molecule has 1 aliphatic carbocycles. The molecule has 2 aliphatic heterocycles. The fourth-order valence-electron chi connectivity index (χ4n) is 5.45. The van der Waals surface area contributed by atoms with Gasteiger partial charge < -0.3 is 16.4 Å². The number of hydrogen-bond donors (Lipinski definition) is 2. The minimum Gasteiger partial charge on any atom is -0.381 e. The second-order valence-corrected chi connectivity index (χ2v) is 8.95. The lowest BCUT2D eigenvalue weighted by Crippen LogP contribution is -2.44. The van der Waals surface area contributed by atoms with Crippen LogP contribution in [0.3, 0.4) is 0 Å². The zero-order valence-corrected chi connectivity index (χ0v) is 17.6. The van der Waals surface area contributed by atoms with Crippen molar-refractivity contribution in [1.82, 2.24) is 15.0 Å². The number of nitrogens with two attached hydrogens (primary N) is 2. The summed E-state index contributed by atoms with van der Waals surface area (Å²) in [6.45, 7) is 2.15. The molecule has 4 heterocycles. The quantitative estimate of drug-likeness (QED) is 0.649. The summed E-state index contributed by atoms with van der Waals surface area (Å²) in [5.74, 6) is 0.131. The van der Waals surface area contributed by atoms with Crippen molar-refractivity contribution in [3.05, 3.63) is 76.6 Å². The molecular formula is C24H24FN7. The molecule has 8 heteroatoms. The minimum absolute atomic E-state index is 0.0885. The predicted octanol–water partition coefficient (Wildman–Crippen LogP) is 2.79. The van der Waals surface area contributed by atoms with Crippen LogP contribution in [0.15, 0.2) is 47.7 Å². The largest absolute Gasteiger partial charge is 0.381 e. The van der Waals surface area contributed by atoms with Crippen LogP contribution in [-0.4, -0.2) is 33.8 Å². The normalized spacial score (nSPS) is 20.9. The first kappa shape index (κ1) is 19.3. The Kier molecular flexibility index (Phi) is 4.26. The predicted molar refractivity (Wildman–Crippen MR) is 121 cm³/mol. The molecule has 3 aliphatic rings. The first-order chi connectivity index (χ1) is 15.6. The van der Waals surface area contributed by atoms with Gasteiger partial charge in [-0.25, -0.2) is 19.3 Å². The Morgan fingerprint density at radius 3 is 2.72 bits per heavy atom. The van der Waals surface area contributed by atoms with Crippen molar-refractivity contribution in [3.63, 3.8) is 0 Å². The van der Waals surface area contributed by atoms with E-state index in [1.807, 2.05) is 0 Å². The molecule has 1 spiro atoms. The molecule has 0 amide bonds.